The summed E-state index contributed by atoms with van der Waals surface area (Å²) in [5.74, 6) is 1.19. The van der Waals surface area contributed by atoms with Crippen molar-refractivity contribution >= 4 is 5.91 Å². The van der Waals surface area contributed by atoms with Gasteiger partial charge in [0, 0.05) is 38.3 Å². The van der Waals surface area contributed by atoms with E-state index in [0.29, 0.717) is 19.1 Å². The Bertz CT molecular complexity index is 711. The lowest BCUT2D eigenvalue weighted by atomic mass is 9.83. The molecule has 1 spiro atoms. The van der Waals surface area contributed by atoms with Crippen LogP contribution in [0.2, 0.25) is 0 Å². The molecule has 2 aromatic rings. The summed E-state index contributed by atoms with van der Waals surface area (Å²) in [4.78, 5) is 14.2. The van der Waals surface area contributed by atoms with Crippen molar-refractivity contribution in [3.8, 4) is 0 Å². The quantitative estimate of drug-likeness (QED) is 0.874. The molecule has 2 aliphatic heterocycles. The van der Waals surface area contributed by atoms with Crippen LogP contribution in [0.15, 0.2) is 27.4 Å². The van der Waals surface area contributed by atoms with E-state index in [-0.39, 0.29) is 17.3 Å². The van der Waals surface area contributed by atoms with Crippen LogP contribution in [0, 0.1) is 12.8 Å². The zero-order chi connectivity index (χ0) is 17.3. The first-order valence-corrected chi connectivity index (χ1v) is 8.59. The van der Waals surface area contributed by atoms with Gasteiger partial charge in [0.25, 0.3) is 5.91 Å². The molecule has 1 atom stereocenters. The van der Waals surface area contributed by atoms with Gasteiger partial charge in [-0.25, -0.2) is 0 Å². The molecule has 1 amide bonds. The van der Waals surface area contributed by atoms with E-state index in [4.69, 9.17) is 13.8 Å². The minimum absolute atomic E-state index is 0.0236. The predicted octanol–water partition coefficient (Wildman–Crippen LogP) is 1.38. The number of carbonyl (C=O) groups is 1. The number of carbonyl (C=O) groups excluding carboxylic acids is 1. The molecule has 2 aromatic heterocycles. The first-order chi connectivity index (χ1) is 12.1. The van der Waals surface area contributed by atoms with Crippen LogP contribution in [0.5, 0.6) is 0 Å². The Morgan fingerprint density at radius 1 is 1.44 bits per heavy atom. The highest BCUT2D eigenvalue weighted by Crippen LogP contribution is 2.36. The highest BCUT2D eigenvalue weighted by molar-refractivity contribution is 5.91. The molecule has 0 aromatic carbocycles. The van der Waals surface area contributed by atoms with Gasteiger partial charge in [0.15, 0.2) is 0 Å². The van der Waals surface area contributed by atoms with Gasteiger partial charge >= 0.3 is 0 Å². The molecule has 4 heterocycles. The van der Waals surface area contributed by atoms with Crippen LogP contribution >= 0.6 is 0 Å². The summed E-state index contributed by atoms with van der Waals surface area (Å²) in [7, 11) is 0. The third kappa shape index (κ3) is 3.59. The van der Waals surface area contributed by atoms with Crippen molar-refractivity contribution in [2.45, 2.75) is 31.9 Å². The number of hydrogen-bond donors (Lipinski definition) is 1. The van der Waals surface area contributed by atoms with Crippen LogP contribution in [0.4, 0.5) is 0 Å². The van der Waals surface area contributed by atoms with E-state index in [1.165, 1.54) is 6.20 Å². The Morgan fingerprint density at radius 3 is 2.96 bits per heavy atom. The molecule has 134 valence electrons. The number of ether oxygens (including phenoxy) is 1. The predicted molar refractivity (Wildman–Crippen MR) is 86.8 cm³/mol. The normalized spacial score (nSPS) is 22.7. The molecule has 0 bridgehead atoms. The smallest absolute Gasteiger partial charge is 0.289 e. The average Bonchev–Trinajstić information content (AvgIpc) is 3.24. The molecule has 25 heavy (non-hydrogen) atoms. The molecule has 8 heteroatoms. The van der Waals surface area contributed by atoms with Gasteiger partial charge in [-0.1, -0.05) is 10.3 Å². The molecule has 0 unspecified atom stereocenters. The summed E-state index contributed by atoms with van der Waals surface area (Å²) >= 11 is 0. The van der Waals surface area contributed by atoms with E-state index in [2.05, 4.69) is 20.5 Å². The second kappa shape index (κ2) is 6.61. The number of hydrogen-bond acceptors (Lipinski definition) is 7. The molecule has 2 saturated heterocycles. The number of aromatic nitrogens is 2. The third-order valence-electron chi connectivity index (χ3n) is 4.93. The maximum absolute atomic E-state index is 11.9. The van der Waals surface area contributed by atoms with E-state index >= 15 is 0 Å². The Balaban J connectivity index is 1.18. The van der Waals surface area contributed by atoms with Gasteiger partial charge in [0.2, 0.25) is 5.76 Å². The zero-order valence-electron chi connectivity index (χ0n) is 14.2. The number of nitrogens with zero attached hydrogens (tertiary/aromatic N) is 3. The van der Waals surface area contributed by atoms with Crippen molar-refractivity contribution < 1.29 is 18.6 Å². The number of rotatable bonds is 5. The first-order valence-electron chi connectivity index (χ1n) is 8.59. The van der Waals surface area contributed by atoms with E-state index < -0.39 is 0 Å². The van der Waals surface area contributed by atoms with Crippen molar-refractivity contribution in [1.82, 2.24) is 20.5 Å². The van der Waals surface area contributed by atoms with Crippen molar-refractivity contribution in [2.24, 2.45) is 5.92 Å². The van der Waals surface area contributed by atoms with Crippen LogP contribution < -0.4 is 5.32 Å². The fraction of sp³-hybridized carbons (Fsp3) is 0.588. The summed E-state index contributed by atoms with van der Waals surface area (Å²) in [5.41, 5.74) is 0.945. The molecule has 2 aliphatic rings. The molecule has 4 rings (SSSR count). The Hall–Kier alpha value is -2.19. The monoisotopic (exact) mass is 346 g/mol. The van der Waals surface area contributed by atoms with E-state index in [1.54, 1.807) is 6.07 Å². The van der Waals surface area contributed by atoms with Gasteiger partial charge in [-0.3, -0.25) is 9.69 Å². The van der Waals surface area contributed by atoms with E-state index in [9.17, 15) is 4.79 Å². The molecule has 0 aliphatic carbocycles. The van der Waals surface area contributed by atoms with Crippen LogP contribution in [-0.4, -0.2) is 53.0 Å². The van der Waals surface area contributed by atoms with E-state index in [0.717, 1.165) is 43.9 Å². The Morgan fingerprint density at radius 2 is 2.32 bits per heavy atom. The number of likely N-dealkylation sites (tertiary alicyclic amines) is 1. The number of amides is 1. The van der Waals surface area contributed by atoms with Gasteiger partial charge in [-0.2, -0.15) is 0 Å². The molecule has 0 radical (unpaired) electrons. The van der Waals surface area contributed by atoms with Crippen LogP contribution in [0.1, 0.15) is 34.9 Å². The van der Waals surface area contributed by atoms with Crippen molar-refractivity contribution in [2.75, 3.05) is 26.2 Å². The number of aryl methyl sites for hydroxylation is 1. The average molecular weight is 346 g/mol. The van der Waals surface area contributed by atoms with Crippen molar-refractivity contribution in [1.29, 1.82) is 0 Å². The molecule has 0 saturated carbocycles. The lowest BCUT2D eigenvalue weighted by molar-refractivity contribution is -0.181. The van der Waals surface area contributed by atoms with E-state index in [1.807, 2.05) is 13.0 Å². The standard InChI is InChI=1S/C17H22N4O4/c1-12-6-14(20-24-12)8-21-10-17(11-21)4-2-13(9-23-17)7-18-16(22)15-3-5-19-25-15/h3,5-6,13H,2,4,7-11H2,1H3,(H,18,22)/t13-/m1/s1. The SMILES string of the molecule is Cc1cc(CN2CC3(CC[C@H](CNC(=O)c4ccno4)CO3)C2)no1. The topological polar surface area (TPSA) is 93.6 Å². The summed E-state index contributed by atoms with van der Waals surface area (Å²) in [5, 5.41) is 10.5. The summed E-state index contributed by atoms with van der Waals surface area (Å²) in [6.45, 7) is 5.83. The lowest BCUT2D eigenvalue weighted by Crippen LogP contribution is -2.64. The maximum Gasteiger partial charge on any atom is 0.289 e. The van der Waals surface area contributed by atoms with Crippen LogP contribution in [0.3, 0.4) is 0 Å². The number of nitrogens with one attached hydrogen (secondary N) is 1. The highest BCUT2D eigenvalue weighted by atomic mass is 16.5. The van der Waals surface area contributed by atoms with Gasteiger partial charge in [0.05, 0.1) is 24.1 Å². The summed E-state index contributed by atoms with van der Waals surface area (Å²) in [6.07, 6.45) is 3.53. The molecular weight excluding hydrogens is 324 g/mol. The lowest BCUT2D eigenvalue weighted by Gasteiger charge is -2.52. The second-order valence-corrected chi connectivity index (χ2v) is 7.06. The third-order valence-corrected chi connectivity index (χ3v) is 4.93. The van der Waals surface area contributed by atoms with Gasteiger partial charge in [0.1, 0.15) is 5.76 Å². The van der Waals surface area contributed by atoms with Gasteiger partial charge < -0.3 is 19.1 Å². The zero-order valence-corrected chi connectivity index (χ0v) is 14.2. The fourth-order valence-corrected chi connectivity index (χ4v) is 3.59. The largest absolute Gasteiger partial charge is 0.372 e. The second-order valence-electron chi connectivity index (χ2n) is 7.06. The minimum Gasteiger partial charge on any atom is -0.372 e. The van der Waals surface area contributed by atoms with Crippen LogP contribution in [0.25, 0.3) is 0 Å². The Labute approximate surface area is 145 Å². The molecular formula is C17H22N4O4. The summed E-state index contributed by atoms with van der Waals surface area (Å²) in [6, 6.07) is 3.53. The van der Waals surface area contributed by atoms with Crippen molar-refractivity contribution in [3.05, 3.63) is 35.5 Å². The highest BCUT2D eigenvalue weighted by Gasteiger charge is 2.46. The summed E-state index contributed by atoms with van der Waals surface area (Å²) < 4.78 is 16.1. The minimum atomic E-state index is -0.226. The first kappa shape index (κ1) is 16.3. The van der Waals surface area contributed by atoms with Gasteiger partial charge in [-0.15, -0.1) is 0 Å². The maximum atomic E-state index is 11.9. The van der Waals surface area contributed by atoms with Crippen molar-refractivity contribution in [3.63, 3.8) is 0 Å². The van der Waals surface area contributed by atoms with Gasteiger partial charge in [-0.05, 0) is 25.7 Å². The molecule has 1 N–H and O–H groups in total. The Kier molecular flexibility index (Phi) is 4.30. The molecule has 2 fully saturated rings. The van der Waals surface area contributed by atoms with Crippen LogP contribution in [-0.2, 0) is 11.3 Å². The fourth-order valence-electron chi connectivity index (χ4n) is 3.59. The molecule has 8 nitrogen and oxygen atoms in total.